The zero-order valence-electron chi connectivity index (χ0n) is 14.2. The molecule has 2 aromatic rings. The quantitative estimate of drug-likeness (QED) is 0.806. The Bertz CT molecular complexity index is 822. The lowest BCUT2D eigenvalue weighted by atomic mass is 10.1. The van der Waals surface area contributed by atoms with Gasteiger partial charge in [0.05, 0.1) is 0 Å². The van der Waals surface area contributed by atoms with Crippen molar-refractivity contribution >= 4 is 38.6 Å². The summed E-state index contributed by atoms with van der Waals surface area (Å²) in [6.07, 6.45) is 0.450. The molecule has 130 valence electrons. The SMILES string of the molecule is Cc1cc(S(=O)(=O)Nc2ccc(NC(=O)CC(C)C)cc2)c(C)s1. The van der Waals surface area contributed by atoms with Crippen LogP contribution in [-0.4, -0.2) is 14.3 Å². The number of nitrogens with one attached hydrogen (secondary N) is 2. The molecule has 0 unspecified atom stereocenters. The highest BCUT2D eigenvalue weighted by atomic mass is 32.2. The van der Waals surface area contributed by atoms with Crippen LogP contribution in [0.1, 0.15) is 30.0 Å². The summed E-state index contributed by atoms with van der Waals surface area (Å²) in [4.78, 5) is 13.8. The maximum atomic E-state index is 12.4. The van der Waals surface area contributed by atoms with E-state index >= 15 is 0 Å². The highest BCUT2D eigenvalue weighted by molar-refractivity contribution is 7.93. The van der Waals surface area contributed by atoms with Gasteiger partial charge in [-0.05, 0) is 50.1 Å². The third-order valence-electron chi connectivity index (χ3n) is 3.30. The minimum absolute atomic E-state index is 0.0531. The minimum Gasteiger partial charge on any atom is -0.326 e. The topological polar surface area (TPSA) is 75.3 Å². The molecule has 1 heterocycles. The zero-order chi connectivity index (χ0) is 17.9. The standard InChI is InChI=1S/C17H22N2O3S2/c1-11(2)9-17(20)18-14-5-7-15(8-6-14)19-24(21,22)16-10-12(3)23-13(16)4/h5-8,10-11,19H,9H2,1-4H3,(H,18,20). The van der Waals surface area contributed by atoms with Gasteiger partial charge >= 0.3 is 0 Å². The number of amides is 1. The fraction of sp³-hybridized carbons (Fsp3) is 0.353. The lowest BCUT2D eigenvalue weighted by molar-refractivity contribution is -0.116. The summed E-state index contributed by atoms with van der Waals surface area (Å²) in [5.74, 6) is 0.232. The number of thiophene rings is 1. The molecule has 5 nitrogen and oxygen atoms in total. The van der Waals surface area contributed by atoms with E-state index in [1.807, 2.05) is 20.8 Å². The van der Waals surface area contributed by atoms with Gasteiger partial charge in [-0.2, -0.15) is 0 Å². The summed E-state index contributed by atoms with van der Waals surface area (Å²) in [5, 5.41) is 2.79. The molecule has 0 radical (unpaired) electrons. The summed E-state index contributed by atoms with van der Waals surface area (Å²) in [6.45, 7) is 7.63. The van der Waals surface area contributed by atoms with Crippen LogP contribution in [0.4, 0.5) is 11.4 Å². The van der Waals surface area contributed by atoms with Crippen LogP contribution in [0.2, 0.25) is 0 Å². The van der Waals surface area contributed by atoms with Crippen LogP contribution in [0.15, 0.2) is 35.2 Å². The van der Waals surface area contributed by atoms with Crippen LogP contribution in [0, 0.1) is 19.8 Å². The first kappa shape index (κ1) is 18.5. The lowest BCUT2D eigenvalue weighted by Gasteiger charge is -2.10. The number of sulfonamides is 1. The Morgan fingerprint density at radius 2 is 1.71 bits per heavy atom. The molecule has 2 rings (SSSR count). The van der Waals surface area contributed by atoms with E-state index in [-0.39, 0.29) is 11.8 Å². The van der Waals surface area contributed by atoms with Gasteiger partial charge in [0.1, 0.15) is 4.90 Å². The second kappa shape index (κ2) is 7.36. The summed E-state index contributed by atoms with van der Waals surface area (Å²) in [6, 6.07) is 8.31. The van der Waals surface area contributed by atoms with Crippen LogP contribution in [-0.2, 0) is 14.8 Å². The van der Waals surface area contributed by atoms with Gasteiger partial charge in [-0.1, -0.05) is 13.8 Å². The normalized spacial score (nSPS) is 11.5. The van der Waals surface area contributed by atoms with Crippen molar-refractivity contribution < 1.29 is 13.2 Å². The van der Waals surface area contributed by atoms with Crippen LogP contribution in [0.5, 0.6) is 0 Å². The average molecular weight is 367 g/mol. The van der Waals surface area contributed by atoms with E-state index in [1.54, 1.807) is 37.3 Å². The summed E-state index contributed by atoms with van der Waals surface area (Å²) in [7, 11) is -3.60. The molecule has 0 spiro atoms. The largest absolute Gasteiger partial charge is 0.326 e. The smallest absolute Gasteiger partial charge is 0.262 e. The molecule has 0 aliphatic heterocycles. The maximum absolute atomic E-state index is 12.4. The van der Waals surface area contributed by atoms with Crippen molar-refractivity contribution in [3.63, 3.8) is 0 Å². The van der Waals surface area contributed by atoms with Crippen molar-refractivity contribution in [3.05, 3.63) is 40.1 Å². The van der Waals surface area contributed by atoms with Crippen LogP contribution in [0.25, 0.3) is 0 Å². The predicted molar refractivity (Wildman–Crippen MR) is 99.1 cm³/mol. The van der Waals surface area contributed by atoms with Crippen molar-refractivity contribution in [2.24, 2.45) is 5.92 Å². The van der Waals surface area contributed by atoms with E-state index in [2.05, 4.69) is 10.0 Å². The Morgan fingerprint density at radius 3 is 2.21 bits per heavy atom. The summed E-state index contributed by atoms with van der Waals surface area (Å²) >= 11 is 1.45. The Balaban J connectivity index is 2.08. The number of carbonyl (C=O) groups excluding carboxylic acids is 1. The van der Waals surface area contributed by atoms with E-state index in [1.165, 1.54) is 11.3 Å². The Hall–Kier alpha value is -1.86. The molecule has 0 saturated heterocycles. The lowest BCUT2D eigenvalue weighted by Crippen LogP contribution is -2.14. The van der Waals surface area contributed by atoms with E-state index in [0.717, 1.165) is 9.75 Å². The van der Waals surface area contributed by atoms with Gasteiger partial charge in [-0.15, -0.1) is 11.3 Å². The molecule has 7 heteroatoms. The molecule has 1 amide bonds. The van der Waals surface area contributed by atoms with E-state index < -0.39 is 10.0 Å². The van der Waals surface area contributed by atoms with Crippen LogP contribution in [0.3, 0.4) is 0 Å². The number of benzene rings is 1. The minimum atomic E-state index is -3.60. The van der Waals surface area contributed by atoms with Gasteiger partial charge in [0.25, 0.3) is 10.0 Å². The van der Waals surface area contributed by atoms with Crippen LogP contribution >= 0.6 is 11.3 Å². The molecule has 24 heavy (non-hydrogen) atoms. The second-order valence-electron chi connectivity index (χ2n) is 6.11. The molecule has 2 N–H and O–H groups in total. The summed E-state index contributed by atoms with van der Waals surface area (Å²) < 4.78 is 27.5. The molecule has 1 aromatic heterocycles. The number of anilines is 2. The highest BCUT2D eigenvalue weighted by Gasteiger charge is 2.19. The van der Waals surface area contributed by atoms with Gasteiger partial charge in [0.15, 0.2) is 0 Å². The number of hydrogen-bond acceptors (Lipinski definition) is 4. The zero-order valence-corrected chi connectivity index (χ0v) is 15.8. The predicted octanol–water partition coefficient (Wildman–Crippen LogP) is 4.15. The van der Waals surface area contributed by atoms with Gasteiger partial charge < -0.3 is 5.32 Å². The first-order valence-electron chi connectivity index (χ1n) is 7.67. The maximum Gasteiger partial charge on any atom is 0.262 e. The molecule has 0 atom stereocenters. The molecule has 0 bridgehead atoms. The van der Waals surface area contributed by atoms with Gasteiger partial charge in [-0.25, -0.2) is 8.42 Å². The number of rotatable bonds is 6. The van der Waals surface area contributed by atoms with Crippen molar-refractivity contribution in [2.75, 3.05) is 10.0 Å². The molecule has 1 aromatic carbocycles. The van der Waals surface area contributed by atoms with Crippen molar-refractivity contribution in [1.29, 1.82) is 0 Å². The molecular formula is C17H22N2O3S2. The average Bonchev–Trinajstić information content (AvgIpc) is 2.79. The monoisotopic (exact) mass is 366 g/mol. The fourth-order valence-corrected chi connectivity index (χ4v) is 4.90. The third-order valence-corrected chi connectivity index (χ3v) is 5.90. The first-order valence-corrected chi connectivity index (χ1v) is 9.97. The third kappa shape index (κ3) is 4.82. The molecule has 0 aliphatic carbocycles. The Labute approximate surface area is 147 Å². The van der Waals surface area contributed by atoms with Gasteiger partial charge in [0, 0.05) is 27.5 Å². The molecular weight excluding hydrogens is 344 g/mol. The second-order valence-corrected chi connectivity index (χ2v) is 9.22. The van der Waals surface area contributed by atoms with Crippen molar-refractivity contribution in [2.45, 2.75) is 39.0 Å². The van der Waals surface area contributed by atoms with E-state index in [9.17, 15) is 13.2 Å². The van der Waals surface area contributed by atoms with E-state index in [4.69, 9.17) is 0 Å². The van der Waals surface area contributed by atoms with Crippen molar-refractivity contribution in [1.82, 2.24) is 0 Å². The number of hydrogen-bond donors (Lipinski definition) is 2. The fourth-order valence-electron chi connectivity index (χ4n) is 2.29. The molecule has 0 saturated carbocycles. The summed E-state index contributed by atoms with van der Waals surface area (Å²) in [5.41, 5.74) is 1.10. The Morgan fingerprint density at radius 1 is 1.12 bits per heavy atom. The number of aryl methyl sites for hydroxylation is 2. The first-order chi connectivity index (χ1) is 11.2. The van der Waals surface area contributed by atoms with Crippen LogP contribution < -0.4 is 10.0 Å². The molecule has 0 fully saturated rings. The Kier molecular flexibility index (Phi) is 5.66. The number of carbonyl (C=O) groups is 1. The highest BCUT2D eigenvalue weighted by Crippen LogP contribution is 2.27. The molecule has 0 aliphatic rings. The van der Waals surface area contributed by atoms with Gasteiger partial charge in [-0.3, -0.25) is 9.52 Å². The van der Waals surface area contributed by atoms with E-state index in [0.29, 0.717) is 22.7 Å². The van der Waals surface area contributed by atoms with Gasteiger partial charge in [0.2, 0.25) is 5.91 Å². The van der Waals surface area contributed by atoms with Crippen molar-refractivity contribution in [3.8, 4) is 0 Å².